The number of esters is 1. The van der Waals surface area contributed by atoms with Crippen molar-refractivity contribution < 1.29 is 28.7 Å². The highest BCUT2D eigenvalue weighted by Gasteiger charge is 2.24. The highest BCUT2D eigenvalue weighted by Crippen LogP contribution is 2.27. The van der Waals surface area contributed by atoms with Gasteiger partial charge in [0.15, 0.2) is 11.5 Å². The SMILES string of the molecule is COC(=O)c1c(C)[nH]c(C(=O)C[NH+](C)Cc2ccc(OC)c(OC)c2)c1C. The third-order valence-electron chi connectivity index (χ3n) is 4.52. The molecule has 2 rings (SSSR count). The van der Waals surface area contributed by atoms with Gasteiger partial charge in [-0.25, -0.2) is 4.79 Å². The summed E-state index contributed by atoms with van der Waals surface area (Å²) < 4.78 is 15.4. The van der Waals surface area contributed by atoms with Crippen LogP contribution in [-0.4, -0.2) is 51.7 Å². The summed E-state index contributed by atoms with van der Waals surface area (Å²) in [5.41, 5.74) is 3.19. The van der Waals surface area contributed by atoms with Gasteiger partial charge in [0.2, 0.25) is 5.78 Å². The van der Waals surface area contributed by atoms with Crippen LogP contribution in [0.3, 0.4) is 0 Å². The molecule has 0 amide bonds. The number of nitrogens with one attached hydrogen (secondary N) is 2. The van der Waals surface area contributed by atoms with E-state index in [1.54, 1.807) is 28.1 Å². The maximum absolute atomic E-state index is 12.7. The third kappa shape index (κ3) is 4.49. The Morgan fingerprint density at radius 2 is 1.74 bits per heavy atom. The van der Waals surface area contributed by atoms with Gasteiger partial charge in [0.1, 0.15) is 13.1 Å². The Morgan fingerprint density at radius 1 is 1.07 bits per heavy atom. The summed E-state index contributed by atoms with van der Waals surface area (Å²) in [6.07, 6.45) is 0. The van der Waals surface area contributed by atoms with Crippen LogP contribution in [0.5, 0.6) is 11.5 Å². The van der Waals surface area contributed by atoms with Crippen LogP contribution >= 0.6 is 0 Å². The quantitative estimate of drug-likeness (QED) is 0.537. The molecule has 0 spiro atoms. The largest absolute Gasteiger partial charge is 0.493 e. The van der Waals surface area contributed by atoms with E-state index in [1.807, 2.05) is 25.2 Å². The summed E-state index contributed by atoms with van der Waals surface area (Å²) in [5, 5.41) is 0. The van der Waals surface area contributed by atoms with E-state index in [0.29, 0.717) is 40.6 Å². The molecule has 0 saturated heterocycles. The normalized spacial score (nSPS) is 11.8. The Hall–Kier alpha value is -2.80. The van der Waals surface area contributed by atoms with Gasteiger partial charge in [-0.3, -0.25) is 4.79 Å². The predicted molar refractivity (Wildman–Crippen MR) is 101 cm³/mol. The lowest BCUT2D eigenvalue weighted by atomic mass is 10.1. The van der Waals surface area contributed by atoms with Crippen LogP contribution in [0.25, 0.3) is 0 Å². The van der Waals surface area contributed by atoms with Crippen molar-refractivity contribution in [2.75, 3.05) is 34.9 Å². The number of methoxy groups -OCH3 is 3. The molecule has 1 aromatic carbocycles. The first-order chi connectivity index (χ1) is 12.8. The molecule has 0 saturated carbocycles. The summed E-state index contributed by atoms with van der Waals surface area (Å²) in [5.74, 6) is 0.838. The van der Waals surface area contributed by atoms with Crippen molar-refractivity contribution in [1.29, 1.82) is 0 Å². The topological polar surface area (TPSA) is 82.1 Å². The van der Waals surface area contributed by atoms with Crippen LogP contribution in [0.1, 0.15) is 37.7 Å². The fraction of sp³-hybridized carbons (Fsp3) is 0.400. The van der Waals surface area contributed by atoms with E-state index in [4.69, 9.17) is 14.2 Å². The molecule has 2 aromatic rings. The maximum atomic E-state index is 12.7. The number of H-pyrrole nitrogens is 1. The lowest BCUT2D eigenvalue weighted by molar-refractivity contribution is -0.884. The summed E-state index contributed by atoms with van der Waals surface area (Å²) >= 11 is 0. The molecule has 7 heteroatoms. The minimum absolute atomic E-state index is 0.0521. The Bertz CT molecular complexity index is 841. The third-order valence-corrected chi connectivity index (χ3v) is 4.52. The number of carbonyl (C=O) groups is 2. The first-order valence-electron chi connectivity index (χ1n) is 8.65. The molecule has 2 N–H and O–H groups in total. The lowest BCUT2D eigenvalue weighted by Crippen LogP contribution is -3.08. The summed E-state index contributed by atoms with van der Waals surface area (Å²) in [6.45, 7) is 4.45. The number of carbonyl (C=O) groups excluding carboxylic acids is 2. The van der Waals surface area contributed by atoms with Gasteiger partial charge in [-0.2, -0.15) is 0 Å². The number of quaternary nitrogens is 1. The Kier molecular flexibility index (Phi) is 6.63. The summed E-state index contributed by atoms with van der Waals surface area (Å²) in [7, 11) is 6.46. The Labute approximate surface area is 159 Å². The van der Waals surface area contributed by atoms with E-state index in [9.17, 15) is 9.59 Å². The van der Waals surface area contributed by atoms with Gasteiger partial charge in [0.05, 0.1) is 39.6 Å². The van der Waals surface area contributed by atoms with Crippen LogP contribution in [0.2, 0.25) is 0 Å². The van der Waals surface area contributed by atoms with Crippen LogP contribution in [0, 0.1) is 13.8 Å². The van der Waals surface area contributed by atoms with Gasteiger partial charge in [-0.05, 0) is 37.6 Å². The molecule has 0 radical (unpaired) electrons. The lowest BCUT2D eigenvalue weighted by Gasteiger charge is -2.15. The first-order valence-corrected chi connectivity index (χ1v) is 8.65. The van der Waals surface area contributed by atoms with E-state index < -0.39 is 5.97 Å². The minimum Gasteiger partial charge on any atom is -0.493 e. The molecular weight excluding hydrogens is 348 g/mol. The zero-order chi connectivity index (χ0) is 20.1. The highest BCUT2D eigenvalue weighted by atomic mass is 16.5. The van der Waals surface area contributed by atoms with Crippen molar-refractivity contribution in [3.05, 3.63) is 46.3 Å². The minimum atomic E-state index is -0.439. The molecule has 0 aliphatic heterocycles. The van der Waals surface area contributed by atoms with Gasteiger partial charge in [0, 0.05) is 11.3 Å². The van der Waals surface area contributed by atoms with Gasteiger partial charge >= 0.3 is 5.97 Å². The fourth-order valence-corrected chi connectivity index (χ4v) is 3.20. The number of likely N-dealkylation sites (N-methyl/N-ethyl adjacent to an activating group) is 1. The number of benzene rings is 1. The highest BCUT2D eigenvalue weighted by molar-refractivity contribution is 6.01. The van der Waals surface area contributed by atoms with Crippen molar-refractivity contribution in [2.24, 2.45) is 0 Å². The van der Waals surface area contributed by atoms with Gasteiger partial charge < -0.3 is 24.1 Å². The van der Waals surface area contributed by atoms with E-state index in [0.717, 1.165) is 10.5 Å². The number of aromatic nitrogens is 1. The number of aromatic amines is 1. The second-order valence-electron chi connectivity index (χ2n) is 6.54. The van der Waals surface area contributed by atoms with Gasteiger partial charge in [-0.15, -0.1) is 0 Å². The molecule has 0 fully saturated rings. The molecule has 1 aromatic heterocycles. The predicted octanol–water partition coefficient (Wildman–Crippen LogP) is 1.33. The number of aryl methyl sites for hydroxylation is 1. The average Bonchev–Trinajstić information content (AvgIpc) is 2.95. The van der Waals surface area contributed by atoms with E-state index in [-0.39, 0.29) is 12.3 Å². The summed E-state index contributed by atoms with van der Waals surface area (Å²) in [6, 6.07) is 5.71. The average molecular weight is 375 g/mol. The van der Waals surface area contributed by atoms with Crippen LogP contribution < -0.4 is 14.4 Å². The number of ketones is 1. The van der Waals surface area contributed by atoms with Crippen LogP contribution in [0.15, 0.2) is 18.2 Å². The number of ether oxygens (including phenoxy) is 3. The molecule has 1 unspecified atom stereocenters. The first kappa shape index (κ1) is 20.5. The molecule has 1 atom stereocenters. The summed E-state index contributed by atoms with van der Waals surface area (Å²) in [4.78, 5) is 28.6. The number of hydrogen-bond acceptors (Lipinski definition) is 5. The Balaban J connectivity index is 2.11. The molecule has 0 bridgehead atoms. The fourth-order valence-electron chi connectivity index (χ4n) is 3.20. The van der Waals surface area contributed by atoms with Crippen molar-refractivity contribution >= 4 is 11.8 Å². The zero-order valence-corrected chi connectivity index (χ0v) is 16.7. The molecule has 0 aliphatic rings. The van der Waals surface area contributed by atoms with Crippen LogP contribution in [-0.2, 0) is 11.3 Å². The molecule has 27 heavy (non-hydrogen) atoms. The van der Waals surface area contributed by atoms with Crippen molar-refractivity contribution in [2.45, 2.75) is 20.4 Å². The van der Waals surface area contributed by atoms with Crippen molar-refractivity contribution in [3.63, 3.8) is 0 Å². The smallest absolute Gasteiger partial charge is 0.339 e. The van der Waals surface area contributed by atoms with Crippen molar-refractivity contribution in [3.8, 4) is 11.5 Å². The van der Waals surface area contributed by atoms with E-state index in [2.05, 4.69) is 4.98 Å². The molecular formula is C20H27N2O5+. The zero-order valence-electron chi connectivity index (χ0n) is 16.7. The monoisotopic (exact) mass is 375 g/mol. The van der Waals surface area contributed by atoms with Gasteiger partial charge in [-0.1, -0.05) is 0 Å². The van der Waals surface area contributed by atoms with Crippen molar-refractivity contribution in [1.82, 2.24) is 4.98 Å². The second kappa shape index (κ2) is 8.73. The maximum Gasteiger partial charge on any atom is 0.339 e. The molecule has 146 valence electrons. The molecule has 7 nitrogen and oxygen atoms in total. The van der Waals surface area contributed by atoms with E-state index in [1.165, 1.54) is 7.11 Å². The Morgan fingerprint density at radius 3 is 2.33 bits per heavy atom. The molecule has 0 aliphatic carbocycles. The standard InChI is InChI=1S/C20H26N2O5/c1-12-18(20(24)27-6)13(2)21-19(12)15(23)11-22(3)10-14-7-8-16(25-4)17(9-14)26-5/h7-9,21H,10-11H2,1-6H3/p+1. The van der Waals surface area contributed by atoms with E-state index >= 15 is 0 Å². The van der Waals surface area contributed by atoms with Gasteiger partial charge in [0.25, 0.3) is 0 Å². The number of Topliss-reactive ketones (excluding diaryl/α,β-unsaturated/α-hetero) is 1. The number of rotatable bonds is 8. The molecule has 1 heterocycles. The van der Waals surface area contributed by atoms with Crippen LogP contribution in [0.4, 0.5) is 0 Å². The second-order valence-corrected chi connectivity index (χ2v) is 6.54. The number of hydrogen-bond donors (Lipinski definition) is 2.